The molecular formula is C15H22N2O. The summed E-state index contributed by atoms with van der Waals surface area (Å²) < 4.78 is 5.61. The van der Waals surface area contributed by atoms with Crippen molar-refractivity contribution >= 4 is 0 Å². The van der Waals surface area contributed by atoms with Crippen LogP contribution in [0.3, 0.4) is 0 Å². The molecule has 3 nitrogen and oxygen atoms in total. The summed E-state index contributed by atoms with van der Waals surface area (Å²) in [4.78, 5) is 2.60. The fourth-order valence-electron chi connectivity index (χ4n) is 3.02. The standard InChI is InChI=1S/C15H22N2O/c1-2-5-13(6-3-1)15-11-17(9-8-16-15)14-7-4-10-18-12-14/h1-3,5-6,14-16H,4,7-12H2. The summed E-state index contributed by atoms with van der Waals surface area (Å²) in [7, 11) is 0. The average molecular weight is 246 g/mol. The first kappa shape index (κ1) is 12.2. The highest BCUT2D eigenvalue weighted by Gasteiger charge is 2.27. The van der Waals surface area contributed by atoms with Gasteiger partial charge in [-0.1, -0.05) is 30.3 Å². The van der Waals surface area contributed by atoms with Gasteiger partial charge in [0.2, 0.25) is 0 Å². The van der Waals surface area contributed by atoms with Crippen LogP contribution in [0.2, 0.25) is 0 Å². The van der Waals surface area contributed by atoms with Crippen molar-refractivity contribution in [3.8, 4) is 0 Å². The van der Waals surface area contributed by atoms with Crippen molar-refractivity contribution in [3.05, 3.63) is 35.9 Å². The maximum Gasteiger partial charge on any atom is 0.0621 e. The van der Waals surface area contributed by atoms with E-state index in [4.69, 9.17) is 4.74 Å². The SMILES string of the molecule is c1ccc(C2CN(C3CCCOC3)CCN2)cc1. The van der Waals surface area contributed by atoms with Crippen LogP contribution >= 0.6 is 0 Å². The van der Waals surface area contributed by atoms with E-state index in [0.717, 1.165) is 32.8 Å². The van der Waals surface area contributed by atoms with Crippen molar-refractivity contribution in [1.29, 1.82) is 0 Å². The Bertz CT molecular complexity index is 362. The molecule has 0 radical (unpaired) electrons. The second-order valence-corrected chi connectivity index (χ2v) is 5.28. The zero-order valence-electron chi connectivity index (χ0n) is 10.8. The molecule has 1 N–H and O–H groups in total. The molecule has 0 aliphatic carbocycles. The highest BCUT2D eigenvalue weighted by atomic mass is 16.5. The van der Waals surface area contributed by atoms with Gasteiger partial charge in [0.15, 0.2) is 0 Å². The summed E-state index contributed by atoms with van der Waals surface area (Å²) in [5.74, 6) is 0. The Morgan fingerprint density at radius 3 is 2.89 bits per heavy atom. The molecule has 2 aliphatic rings. The highest BCUT2D eigenvalue weighted by molar-refractivity contribution is 5.19. The Morgan fingerprint density at radius 1 is 1.22 bits per heavy atom. The minimum Gasteiger partial charge on any atom is -0.380 e. The summed E-state index contributed by atoms with van der Waals surface area (Å²) >= 11 is 0. The summed E-state index contributed by atoms with van der Waals surface area (Å²) in [6.45, 7) is 5.21. The van der Waals surface area contributed by atoms with Gasteiger partial charge in [-0.15, -0.1) is 0 Å². The zero-order valence-corrected chi connectivity index (χ0v) is 10.8. The van der Waals surface area contributed by atoms with E-state index >= 15 is 0 Å². The molecule has 0 saturated carbocycles. The monoisotopic (exact) mass is 246 g/mol. The van der Waals surface area contributed by atoms with Crippen LogP contribution in [0.1, 0.15) is 24.4 Å². The maximum absolute atomic E-state index is 5.61. The molecule has 0 bridgehead atoms. The number of hydrogen-bond acceptors (Lipinski definition) is 3. The van der Waals surface area contributed by atoms with Crippen LogP contribution in [0.25, 0.3) is 0 Å². The van der Waals surface area contributed by atoms with Gasteiger partial charge in [-0.25, -0.2) is 0 Å². The van der Waals surface area contributed by atoms with Crippen LogP contribution in [0.4, 0.5) is 0 Å². The maximum atomic E-state index is 5.61. The van der Waals surface area contributed by atoms with E-state index in [1.54, 1.807) is 0 Å². The number of nitrogens with one attached hydrogen (secondary N) is 1. The third-order valence-corrected chi connectivity index (χ3v) is 4.06. The molecule has 18 heavy (non-hydrogen) atoms. The highest BCUT2D eigenvalue weighted by Crippen LogP contribution is 2.21. The molecular weight excluding hydrogens is 224 g/mol. The zero-order chi connectivity index (χ0) is 12.2. The molecule has 2 atom stereocenters. The summed E-state index contributed by atoms with van der Waals surface area (Å²) in [5.41, 5.74) is 1.40. The largest absolute Gasteiger partial charge is 0.380 e. The lowest BCUT2D eigenvalue weighted by Gasteiger charge is -2.40. The Labute approximate surface area is 109 Å². The van der Waals surface area contributed by atoms with Gasteiger partial charge in [0, 0.05) is 38.3 Å². The van der Waals surface area contributed by atoms with E-state index in [2.05, 4.69) is 40.5 Å². The van der Waals surface area contributed by atoms with Gasteiger partial charge in [0.1, 0.15) is 0 Å². The number of piperazine rings is 1. The quantitative estimate of drug-likeness (QED) is 0.861. The molecule has 98 valence electrons. The van der Waals surface area contributed by atoms with Gasteiger partial charge in [-0.2, -0.15) is 0 Å². The summed E-state index contributed by atoms with van der Waals surface area (Å²) in [6.07, 6.45) is 2.51. The van der Waals surface area contributed by atoms with Crippen LogP contribution in [0.5, 0.6) is 0 Å². The van der Waals surface area contributed by atoms with Crippen molar-refractivity contribution in [1.82, 2.24) is 10.2 Å². The van der Waals surface area contributed by atoms with Crippen LogP contribution in [-0.4, -0.2) is 43.8 Å². The number of rotatable bonds is 2. The fraction of sp³-hybridized carbons (Fsp3) is 0.600. The van der Waals surface area contributed by atoms with Gasteiger partial charge < -0.3 is 10.1 Å². The van der Waals surface area contributed by atoms with Crippen LogP contribution < -0.4 is 5.32 Å². The van der Waals surface area contributed by atoms with Crippen LogP contribution in [0, 0.1) is 0 Å². The van der Waals surface area contributed by atoms with Crippen molar-refractivity contribution in [3.63, 3.8) is 0 Å². The minimum absolute atomic E-state index is 0.474. The lowest BCUT2D eigenvalue weighted by Crippen LogP contribution is -2.52. The van der Waals surface area contributed by atoms with E-state index in [-0.39, 0.29) is 0 Å². The number of nitrogens with zero attached hydrogens (tertiary/aromatic N) is 1. The van der Waals surface area contributed by atoms with Gasteiger partial charge in [-0.05, 0) is 18.4 Å². The van der Waals surface area contributed by atoms with E-state index in [9.17, 15) is 0 Å². The Kier molecular flexibility index (Phi) is 3.93. The Morgan fingerprint density at radius 2 is 2.11 bits per heavy atom. The molecule has 2 fully saturated rings. The van der Waals surface area contributed by atoms with Gasteiger partial charge in [0.25, 0.3) is 0 Å². The molecule has 1 aromatic rings. The van der Waals surface area contributed by atoms with Crippen LogP contribution in [0.15, 0.2) is 30.3 Å². The molecule has 3 rings (SSSR count). The van der Waals surface area contributed by atoms with Crippen LogP contribution in [-0.2, 0) is 4.74 Å². The first-order valence-electron chi connectivity index (χ1n) is 7.03. The Hall–Kier alpha value is -0.900. The predicted octanol–water partition coefficient (Wildman–Crippen LogP) is 1.81. The number of hydrogen-bond donors (Lipinski definition) is 1. The Balaban J connectivity index is 1.64. The van der Waals surface area contributed by atoms with Crippen molar-refractivity contribution in [2.45, 2.75) is 24.9 Å². The van der Waals surface area contributed by atoms with Gasteiger partial charge in [-0.3, -0.25) is 4.90 Å². The molecule has 2 aliphatic heterocycles. The molecule has 2 saturated heterocycles. The summed E-state index contributed by atoms with van der Waals surface area (Å²) in [6, 6.07) is 11.9. The van der Waals surface area contributed by atoms with E-state index in [1.165, 1.54) is 18.4 Å². The molecule has 2 unspecified atom stereocenters. The first-order chi connectivity index (χ1) is 8.93. The van der Waals surface area contributed by atoms with Crippen molar-refractivity contribution in [2.75, 3.05) is 32.8 Å². The molecule has 3 heteroatoms. The van der Waals surface area contributed by atoms with E-state index < -0.39 is 0 Å². The molecule has 0 spiro atoms. The molecule has 0 amide bonds. The lowest BCUT2D eigenvalue weighted by molar-refractivity contribution is 0.00715. The van der Waals surface area contributed by atoms with Gasteiger partial charge in [0.05, 0.1) is 6.61 Å². The smallest absolute Gasteiger partial charge is 0.0621 e. The lowest BCUT2D eigenvalue weighted by atomic mass is 10.0. The predicted molar refractivity (Wildman–Crippen MR) is 72.6 cm³/mol. The minimum atomic E-state index is 0.474. The molecule has 1 aromatic carbocycles. The normalized spacial score (nSPS) is 30.2. The third kappa shape index (κ3) is 2.74. The molecule has 0 aromatic heterocycles. The van der Waals surface area contributed by atoms with Gasteiger partial charge >= 0.3 is 0 Å². The van der Waals surface area contributed by atoms with Crippen molar-refractivity contribution < 1.29 is 4.74 Å². The second-order valence-electron chi connectivity index (χ2n) is 5.28. The first-order valence-corrected chi connectivity index (χ1v) is 7.03. The number of benzene rings is 1. The van der Waals surface area contributed by atoms with E-state index in [1.807, 2.05) is 0 Å². The molecule has 2 heterocycles. The summed E-state index contributed by atoms with van der Waals surface area (Å²) in [5, 5.41) is 3.62. The third-order valence-electron chi connectivity index (χ3n) is 4.06. The van der Waals surface area contributed by atoms with Crippen molar-refractivity contribution in [2.24, 2.45) is 0 Å². The van der Waals surface area contributed by atoms with E-state index in [0.29, 0.717) is 12.1 Å². The fourth-order valence-corrected chi connectivity index (χ4v) is 3.02. The number of ether oxygens (including phenoxy) is 1. The topological polar surface area (TPSA) is 24.5 Å². The second kappa shape index (κ2) is 5.83. The average Bonchev–Trinajstić information content (AvgIpc) is 2.49.